The summed E-state index contributed by atoms with van der Waals surface area (Å²) in [7, 11) is 0. The normalized spacial score (nSPS) is 22.4. The first-order chi connectivity index (χ1) is 4.77. The van der Waals surface area contributed by atoms with Crippen LogP contribution in [0.1, 0.15) is 39.5 Å². The van der Waals surface area contributed by atoms with Gasteiger partial charge >= 0.3 is 0 Å². The van der Waals surface area contributed by atoms with Crippen molar-refractivity contribution in [1.82, 2.24) is 5.32 Å². The van der Waals surface area contributed by atoms with Gasteiger partial charge in [0.25, 0.3) is 0 Å². The van der Waals surface area contributed by atoms with Gasteiger partial charge in [0.15, 0.2) is 0 Å². The van der Waals surface area contributed by atoms with Crippen LogP contribution in [-0.2, 0) is 0 Å². The number of piperidine rings is 1. The average molecular weight is 178 g/mol. The Morgan fingerprint density at radius 3 is 2.27 bits per heavy atom. The van der Waals surface area contributed by atoms with E-state index in [4.69, 9.17) is 0 Å². The summed E-state index contributed by atoms with van der Waals surface area (Å²) in [6, 6.07) is 0. The molecule has 0 aromatic carbocycles. The summed E-state index contributed by atoms with van der Waals surface area (Å²) in [5, 5.41) is 3.40. The van der Waals surface area contributed by atoms with Gasteiger partial charge in [-0.15, -0.1) is 12.4 Å². The van der Waals surface area contributed by atoms with Crippen LogP contribution in [0, 0.1) is 5.41 Å². The third-order valence-electron chi connectivity index (χ3n) is 2.66. The van der Waals surface area contributed by atoms with Crippen molar-refractivity contribution in [2.75, 3.05) is 13.1 Å². The highest BCUT2D eigenvalue weighted by Gasteiger charge is 2.24. The van der Waals surface area contributed by atoms with Gasteiger partial charge in [-0.05, 0) is 37.8 Å². The first kappa shape index (κ1) is 11.2. The second-order valence-electron chi connectivity index (χ2n) is 3.81. The molecule has 0 atom stereocenters. The first-order valence-corrected chi connectivity index (χ1v) is 4.47. The Hall–Kier alpha value is 0.250. The summed E-state index contributed by atoms with van der Waals surface area (Å²) in [6.45, 7) is 7.18. The maximum atomic E-state index is 3.40. The fraction of sp³-hybridized carbons (Fsp3) is 1.00. The number of hydrogen-bond donors (Lipinski definition) is 1. The van der Waals surface area contributed by atoms with E-state index in [0.717, 1.165) is 0 Å². The molecule has 0 bridgehead atoms. The fourth-order valence-electron chi connectivity index (χ4n) is 1.88. The van der Waals surface area contributed by atoms with Gasteiger partial charge in [0.1, 0.15) is 0 Å². The van der Waals surface area contributed by atoms with E-state index >= 15 is 0 Å². The molecule has 0 aromatic rings. The van der Waals surface area contributed by atoms with Crippen LogP contribution in [0.5, 0.6) is 0 Å². The third-order valence-corrected chi connectivity index (χ3v) is 2.66. The van der Waals surface area contributed by atoms with Crippen molar-refractivity contribution >= 4 is 12.4 Å². The van der Waals surface area contributed by atoms with Crippen LogP contribution in [0.4, 0.5) is 0 Å². The molecule has 1 aliphatic rings. The molecule has 0 spiro atoms. The van der Waals surface area contributed by atoms with Gasteiger partial charge in [0.2, 0.25) is 0 Å². The minimum absolute atomic E-state index is 0. The van der Waals surface area contributed by atoms with Crippen LogP contribution in [0.3, 0.4) is 0 Å². The maximum Gasteiger partial charge on any atom is -0.00437 e. The van der Waals surface area contributed by atoms with E-state index in [0.29, 0.717) is 5.41 Å². The lowest BCUT2D eigenvalue weighted by Gasteiger charge is -2.33. The van der Waals surface area contributed by atoms with Crippen LogP contribution in [0.25, 0.3) is 0 Å². The maximum absolute atomic E-state index is 3.40. The van der Waals surface area contributed by atoms with Crippen molar-refractivity contribution in [2.24, 2.45) is 5.41 Å². The molecule has 0 radical (unpaired) electrons. The van der Waals surface area contributed by atoms with E-state index in [1.54, 1.807) is 0 Å². The van der Waals surface area contributed by atoms with E-state index in [2.05, 4.69) is 19.2 Å². The zero-order valence-corrected chi connectivity index (χ0v) is 8.47. The lowest BCUT2D eigenvalue weighted by molar-refractivity contribution is 0.210. The molecule has 1 saturated heterocycles. The molecule has 1 aliphatic heterocycles. The molecule has 2 heteroatoms. The van der Waals surface area contributed by atoms with E-state index in [-0.39, 0.29) is 12.4 Å². The zero-order valence-electron chi connectivity index (χ0n) is 7.65. The monoisotopic (exact) mass is 177 g/mol. The van der Waals surface area contributed by atoms with Gasteiger partial charge in [-0.1, -0.05) is 20.3 Å². The molecule has 0 aromatic heterocycles. The molecule has 0 saturated carbocycles. The number of halogens is 1. The van der Waals surface area contributed by atoms with Gasteiger partial charge in [0, 0.05) is 0 Å². The van der Waals surface area contributed by atoms with Gasteiger partial charge in [0.05, 0.1) is 0 Å². The topological polar surface area (TPSA) is 12.0 Å². The Morgan fingerprint density at radius 1 is 1.27 bits per heavy atom. The Bertz CT molecular complexity index is 92.2. The summed E-state index contributed by atoms with van der Waals surface area (Å²) in [5.74, 6) is 0. The second kappa shape index (κ2) is 5.00. The van der Waals surface area contributed by atoms with Gasteiger partial charge < -0.3 is 5.32 Å². The van der Waals surface area contributed by atoms with Crippen molar-refractivity contribution in [3.63, 3.8) is 0 Å². The second-order valence-corrected chi connectivity index (χ2v) is 3.81. The van der Waals surface area contributed by atoms with Crippen LogP contribution < -0.4 is 5.32 Å². The van der Waals surface area contributed by atoms with Crippen molar-refractivity contribution in [3.05, 3.63) is 0 Å². The number of rotatable bonds is 2. The van der Waals surface area contributed by atoms with Crippen LogP contribution >= 0.6 is 12.4 Å². The predicted molar refractivity (Wildman–Crippen MR) is 52.4 cm³/mol. The molecular weight excluding hydrogens is 158 g/mol. The van der Waals surface area contributed by atoms with Crippen molar-refractivity contribution in [2.45, 2.75) is 39.5 Å². The highest BCUT2D eigenvalue weighted by atomic mass is 35.5. The quantitative estimate of drug-likeness (QED) is 0.684. The van der Waals surface area contributed by atoms with Gasteiger partial charge in [-0.3, -0.25) is 0 Å². The smallest absolute Gasteiger partial charge is 0.00437 e. The Kier molecular flexibility index (Phi) is 5.11. The SMILES string of the molecule is CCCC1(C)CCNCC1.Cl. The lowest BCUT2D eigenvalue weighted by atomic mass is 9.77. The largest absolute Gasteiger partial charge is 0.317 e. The standard InChI is InChI=1S/C9H19N.ClH/c1-3-4-9(2)5-7-10-8-6-9;/h10H,3-8H2,1-2H3;1H. The molecule has 1 nitrogen and oxygen atoms in total. The highest BCUT2D eigenvalue weighted by Crippen LogP contribution is 2.32. The lowest BCUT2D eigenvalue weighted by Crippen LogP contribution is -2.34. The van der Waals surface area contributed by atoms with E-state index in [1.165, 1.54) is 38.8 Å². The fourth-order valence-corrected chi connectivity index (χ4v) is 1.88. The first-order valence-electron chi connectivity index (χ1n) is 4.47. The van der Waals surface area contributed by atoms with Gasteiger partial charge in [-0.25, -0.2) is 0 Å². The number of hydrogen-bond acceptors (Lipinski definition) is 1. The van der Waals surface area contributed by atoms with Crippen LogP contribution in [0.15, 0.2) is 0 Å². The Morgan fingerprint density at radius 2 is 1.82 bits per heavy atom. The van der Waals surface area contributed by atoms with Crippen molar-refractivity contribution < 1.29 is 0 Å². The average Bonchev–Trinajstić information content (AvgIpc) is 1.89. The molecule has 68 valence electrons. The van der Waals surface area contributed by atoms with E-state index in [9.17, 15) is 0 Å². The zero-order chi connectivity index (χ0) is 7.45. The minimum atomic E-state index is 0. The molecule has 0 unspecified atom stereocenters. The van der Waals surface area contributed by atoms with Crippen molar-refractivity contribution in [3.8, 4) is 0 Å². The minimum Gasteiger partial charge on any atom is -0.317 e. The van der Waals surface area contributed by atoms with Crippen molar-refractivity contribution in [1.29, 1.82) is 0 Å². The summed E-state index contributed by atoms with van der Waals surface area (Å²) >= 11 is 0. The highest BCUT2D eigenvalue weighted by molar-refractivity contribution is 5.85. The summed E-state index contributed by atoms with van der Waals surface area (Å²) in [6.07, 6.45) is 5.51. The van der Waals surface area contributed by atoms with E-state index < -0.39 is 0 Å². The molecule has 1 rings (SSSR count). The van der Waals surface area contributed by atoms with Crippen LogP contribution in [0.2, 0.25) is 0 Å². The summed E-state index contributed by atoms with van der Waals surface area (Å²) in [4.78, 5) is 0. The molecule has 1 fully saturated rings. The Labute approximate surface area is 76.4 Å². The Balaban J connectivity index is 0.000001000. The molecule has 11 heavy (non-hydrogen) atoms. The summed E-state index contributed by atoms with van der Waals surface area (Å²) in [5.41, 5.74) is 0.667. The van der Waals surface area contributed by atoms with Gasteiger partial charge in [-0.2, -0.15) is 0 Å². The predicted octanol–water partition coefficient (Wildman–Crippen LogP) is 2.60. The molecule has 0 amide bonds. The molecule has 1 N–H and O–H groups in total. The number of nitrogens with one attached hydrogen (secondary N) is 1. The molecule has 0 aliphatic carbocycles. The van der Waals surface area contributed by atoms with E-state index in [1.807, 2.05) is 0 Å². The molecule has 1 heterocycles. The summed E-state index contributed by atoms with van der Waals surface area (Å²) < 4.78 is 0. The molecular formula is C9H20ClN. The van der Waals surface area contributed by atoms with Crippen LogP contribution in [-0.4, -0.2) is 13.1 Å². The third kappa shape index (κ3) is 3.44.